The van der Waals surface area contributed by atoms with E-state index in [-0.39, 0.29) is 17.6 Å². The highest BCUT2D eigenvalue weighted by Crippen LogP contribution is 2.37. The first-order chi connectivity index (χ1) is 12.8. The van der Waals surface area contributed by atoms with Crippen LogP contribution in [0.3, 0.4) is 0 Å². The zero-order chi connectivity index (χ0) is 21.3. The molecule has 2 aromatic rings. The molecule has 0 radical (unpaired) electrons. The molecule has 1 heterocycles. The molecule has 1 N–H and O–H groups in total. The molecule has 4 nitrogen and oxygen atoms in total. The zero-order valence-electron chi connectivity index (χ0n) is 18.1. The molecule has 0 aliphatic rings. The van der Waals surface area contributed by atoms with Crippen LogP contribution >= 0.6 is 15.9 Å². The fourth-order valence-electron chi connectivity index (χ4n) is 2.95. The Labute approximate surface area is 179 Å². The van der Waals surface area contributed by atoms with Crippen molar-refractivity contribution in [3.8, 4) is 0 Å². The Balaban J connectivity index is 2.34. The van der Waals surface area contributed by atoms with E-state index >= 15 is 0 Å². The molecule has 1 aromatic heterocycles. The van der Waals surface area contributed by atoms with Crippen molar-refractivity contribution in [3.63, 3.8) is 0 Å². The molecule has 0 saturated carbocycles. The van der Waals surface area contributed by atoms with E-state index in [9.17, 15) is 5.11 Å². The van der Waals surface area contributed by atoms with Crippen LogP contribution in [0.4, 0.5) is 0 Å². The fraction of sp³-hybridized carbons (Fsp3) is 0.591. The van der Waals surface area contributed by atoms with Gasteiger partial charge in [-0.25, -0.2) is 6.57 Å². The van der Waals surface area contributed by atoms with Gasteiger partial charge in [0.25, 0.3) is 5.54 Å². The van der Waals surface area contributed by atoms with Crippen LogP contribution in [0.2, 0.25) is 18.1 Å². The summed E-state index contributed by atoms with van der Waals surface area (Å²) in [5.74, 6) is 0.00705. The molecule has 154 valence electrons. The lowest BCUT2D eigenvalue weighted by Crippen LogP contribution is -2.42. The molecule has 0 aliphatic heterocycles. The molecule has 0 spiro atoms. The molecule has 1 unspecified atom stereocenters. The Hall–Kier alpha value is -1.13. The van der Waals surface area contributed by atoms with Crippen LogP contribution in [0, 0.1) is 12.5 Å². The van der Waals surface area contributed by atoms with Gasteiger partial charge in [0.2, 0.25) is 0 Å². The Morgan fingerprint density at radius 3 is 2.43 bits per heavy atom. The number of halogens is 1. The van der Waals surface area contributed by atoms with Crippen molar-refractivity contribution >= 4 is 35.2 Å². The number of hydrogen-bond donors (Lipinski definition) is 1. The van der Waals surface area contributed by atoms with Gasteiger partial charge in [-0.3, -0.25) is 0 Å². The van der Waals surface area contributed by atoms with Crippen molar-refractivity contribution in [2.45, 2.75) is 64.8 Å². The van der Waals surface area contributed by atoms with E-state index in [2.05, 4.69) is 77.5 Å². The molecule has 0 aliphatic carbocycles. The Morgan fingerprint density at radius 2 is 1.89 bits per heavy atom. The summed E-state index contributed by atoms with van der Waals surface area (Å²) in [4.78, 5) is 3.83. The van der Waals surface area contributed by atoms with Crippen LogP contribution in [0.5, 0.6) is 0 Å². The van der Waals surface area contributed by atoms with Crippen LogP contribution in [0.15, 0.2) is 28.9 Å². The van der Waals surface area contributed by atoms with Gasteiger partial charge >= 0.3 is 0 Å². The van der Waals surface area contributed by atoms with Gasteiger partial charge in [0.05, 0.1) is 5.56 Å². The topological polar surface area (TPSA) is 38.8 Å². The Kier molecular flexibility index (Phi) is 6.87. The average Bonchev–Trinajstić information content (AvgIpc) is 2.96. The van der Waals surface area contributed by atoms with Gasteiger partial charge in [-0.05, 0) is 30.3 Å². The van der Waals surface area contributed by atoms with Crippen molar-refractivity contribution < 1.29 is 9.53 Å². The number of rotatable bonds is 7. The van der Waals surface area contributed by atoms with Crippen molar-refractivity contribution in [1.82, 2.24) is 4.57 Å². The second-order valence-electron chi connectivity index (χ2n) is 9.65. The van der Waals surface area contributed by atoms with Crippen molar-refractivity contribution in [2.75, 3.05) is 13.2 Å². The van der Waals surface area contributed by atoms with Crippen molar-refractivity contribution in [3.05, 3.63) is 45.8 Å². The number of hydrogen-bond acceptors (Lipinski definition) is 2. The molecule has 1 atom stereocenters. The number of nitrogens with zero attached hydrogens (tertiary/aromatic N) is 2. The quantitative estimate of drug-likeness (QED) is 0.391. The second-order valence-corrected chi connectivity index (χ2v) is 15.4. The molecule has 0 fully saturated rings. The zero-order valence-corrected chi connectivity index (χ0v) is 20.7. The lowest BCUT2D eigenvalue weighted by atomic mass is 9.95. The van der Waals surface area contributed by atoms with Gasteiger partial charge < -0.3 is 18.9 Å². The molecule has 6 heteroatoms. The molecule has 28 heavy (non-hydrogen) atoms. The second kappa shape index (κ2) is 8.31. The number of aliphatic hydroxyl groups excluding tert-OH is 1. The van der Waals surface area contributed by atoms with E-state index in [0.717, 1.165) is 20.9 Å². The molecule has 0 saturated heterocycles. The summed E-state index contributed by atoms with van der Waals surface area (Å²) in [5, 5.41) is 11.2. The maximum Gasteiger partial charge on any atom is 0.254 e. The molecular weight excluding hydrogens is 432 g/mol. The summed E-state index contributed by atoms with van der Waals surface area (Å²) >= 11 is 3.56. The Bertz CT molecular complexity index is 875. The monoisotopic (exact) mass is 464 g/mol. The number of aliphatic hydroxyl groups is 1. The van der Waals surface area contributed by atoms with E-state index in [0.29, 0.717) is 13.2 Å². The SMILES string of the molecule is [C-]#[N+]C(C)(C)c1cn(CC(CO)CO[Si](C)(C)C(C)(C)C)c2cc(Br)ccc12. The third-order valence-electron chi connectivity index (χ3n) is 5.98. The number of aromatic nitrogens is 1. The van der Waals surface area contributed by atoms with Crippen LogP contribution in [0.1, 0.15) is 40.2 Å². The lowest BCUT2D eigenvalue weighted by molar-refractivity contribution is 0.142. The van der Waals surface area contributed by atoms with Gasteiger partial charge in [-0.15, -0.1) is 0 Å². The average molecular weight is 466 g/mol. The summed E-state index contributed by atoms with van der Waals surface area (Å²) in [6.07, 6.45) is 2.07. The van der Waals surface area contributed by atoms with E-state index < -0.39 is 13.9 Å². The fourth-order valence-corrected chi connectivity index (χ4v) is 4.38. The van der Waals surface area contributed by atoms with Gasteiger partial charge in [-0.2, -0.15) is 0 Å². The first-order valence-electron chi connectivity index (χ1n) is 9.74. The minimum atomic E-state index is -1.86. The molecule has 1 aromatic carbocycles. The summed E-state index contributed by atoms with van der Waals surface area (Å²) in [6, 6.07) is 6.17. The van der Waals surface area contributed by atoms with Gasteiger partial charge in [0.15, 0.2) is 8.32 Å². The third-order valence-corrected chi connectivity index (χ3v) is 11.0. The first kappa shape index (κ1) is 23.1. The smallest absolute Gasteiger partial charge is 0.254 e. The molecular formula is C22H33BrN2O2Si. The summed E-state index contributed by atoms with van der Waals surface area (Å²) in [7, 11) is -1.86. The Morgan fingerprint density at radius 1 is 1.25 bits per heavy atom. The highest BCUT2D eigenvalue weighted by Gasteiger charge is 2.37. The molecule has 2 rings (SSSR count). The van der Waals surface area contributed by atoms with E-state index in [1.54, 1.807) is 0 Å². The van der Waals surface area contributed by atoms with Gasteiger partial charge in [0, 0.05) is 61.1 Å². The largest absolute Gasteiger partial charge is 0.416 e. The highest BCUT2D eigenvalue weighted by molar-refractivity contribution is 9.10. The number of fused-ring (bicyclic) bond motifs is 1. The maximum atomic E-state index is 9.99. The normalized spacial score (nSPS) is 14.3. The van der Waals surface area contributed by atoms with Crippen LogP contribution in [-0.2, 0) is 16.5 Å². The summed E-state index contributed by atoms with van der Waals surface area (Å²) in [5.41, 5.74) is 1.50. The van der Waals surface area contributed by atoms with Crippen LogP contribution in [0.25, 0.3) is 15.7 Å². The van der Waals surface area contributed by atoms with E-state index in [1.807, 2.05) is 19.9 Å². The summed E-state index contributed by atoms with van der Waals surface area (Å²) < 4.78 is 9.53. The van der Waals surface area contributed by atoms with E-state index in [1.165, 1.54) is 0 Å². The first-order valence-corrected chi connectivity index (χ1v) is 13.4. The minimum Gasteiger partial charge on any atom is -0.416 e. The third kappa shape index (κ3) is 4.88. The van der Waals surface area contributed by atoms with Gasteiger partial charge in [0.1, 0.15) is 0 Å². The highest BCUT2D eigenvalue weighted by atomic mass is 79.9. The standard InChI is InChI=1S/C22H33BrN2O2Si/c1-21(2,3)28(7,8)27-15-16(14-26)12-25-13-19(22(4,5)24-6)18-10-9-17(23)11-20(18)25/h9-11,13,16,26H,12,14-15H2,1-5,7-8H3. The van der Waals surface area contributed by atoms with Gasteiger partial charge in [-0.1, -0.05) is 42.8 Å². The predicted octanol–water partition coefficient (Wildman–Crippen LogP) is 6.19. The minimum absolute atomic E-state index is 0.00705. The maximum absolute atomic E-state index is 9.99. The molecule has 0 bridgehead atoms. The van der Waals surface area contributed by atoms with Crippen molar-refractivity contribution in [2.24, 2.45) is 5.92 Å². The van der Waals surface area contributed by atoms with Crippen molar-refractivity contribution in [1.29, 1.82) is 0 Å². The van der Waals surface area contributed by atoms with Crippen LogP contribution in [-0.4, -0.2) is 31.2 Å². The number of benzene rings is 1. The lowest BCUT2D eigenvalue weighted by Gasteiger charge is -2.37. The molecule has 0 amide bonds. The predicted molar refractivity (Wildman–Crippen MR) is 123 cm³/mol. The van der Waals surface area contributed by atoms with E-state index in [4.69, 9.17) is 11.0 Å². The van der Waals surface area contributed by atoms with Crippen LogP contribution < -0.4 is 0 Å². The summed E-state index contributed by atoms with van der Waals surface area (Å²) in [6.45, 7) is 23.9.